The first-order valence-corrected chi connectivity index (χ1v) is 11.0. The van der Waals surface area contributed by atoms with Crippen LogP contribution < -0.4 is 4.90 Å². The number of carbonyl (C=O) groups is 3. The number of benzene rings is 1. The van der Waals surface area contributed by atoms with E-state index < -0.39 is 0 Å². The predicted octanol–water partition coefficient (Wildman–Crippen LogP) is 2.96. The smallest absolute Gasteiger partial charge is 0.263 e. The van der Waals surface area contributed by atoms with Gasteiger partial charge in [0.05, 0.1) is 29.3 Å². The van der Waals surface area contributed by atoms with E-state index in [1.165, 1.54) is 4.90 Å². The van der Waals surface area contributed by atoms with Crippen molar-refractivity contribution in [3.8, 4) is 0 Å². The van der Waals surface area contributed by atoms with Crippen molar-refractivity contribution in [2.75, 3.05) is 31.1 Å². The molecule has 7 nitrogen and oxygen atoms in total. The third-order valence-corrected chi connectivity index (χ3v) is 6.23. The number of piperidine rings is 1. The molecule has 1 fully saturated rings. The standard InChI is InChI=1S/C24H28N4O3/c1-3-26(4-2)22(29)18-9-7-13-27(16-18)20-11-5-10-19-21(20)24(31)28(23(19)30)15-17-8-6-12-25-14-17/h5-6,8,10-12,14,18H,3-4,7,9,13,15-16H2,1-2H3/t18-/m1/s1. The Hall–Kier alpha value is -3.22. The monoisotopic (exact) mass is 420 g/mol. The molecule has 1 aromatic heterocycles. The van der Waals surface area contributed by atoms with Gasteiger partial charge in [0, 0.05) is 38.6 Å². The molecule has 2 aliphatic heterocycles. The van der Waals surface area contributed by atoms with Crippen LogP contribution in [-0.4, -0.2) is 58.7 Å². The summed E-state index contributed by atoms with van der Waals surface area (Å²) in [5.41, 5.74) is 2.44. The van der Waals surface area contributed by atoms with Crippen LogP contribution in [0.2, 0.25) is 0 Å². The van der Waals surface area contributed by atoms with Gasteiger partial charge in [-0.15, -0.1) is 0 Å². The number of pyridine rings is 1. The number of nitrogens with zero attached hydrogens (tertiary/aromatic N) is 4. The fourth-order valence-corrected chi connectivity index (χ4v) is 4.59. The maximum atomic E-state index is 13.3. The van der Waals surface area contributed by atoms with Gasteiger partial charge in [0.1, 0.15) is 0 Å². The lowest BCUT2D eigenvalue weighted by molar-refractivity contribution is -0.135. The van der Waals surface area contributed by atoms with E-state index in [1.54, 1.807) is 24.5 Å². The summed E-state index contributed by atoms with van der Waals surface area (Å²) >= 11 is 0. The third-order valence-electron chi connectivity index (χ3n) is 6.23. The topological polar surface area (TPSA) is 73.8 Å². The molecule has 0 unspecified atom stereocenters. The Kier molecular flexibility index (Phi) is 6.02. The number of hydrogen-bond acceptors (Lipinski definition) is 5. The number of fused-ring (bicyclic) bond motifs is 1. The van der Waals surface area contributed by atoms with Gasteiger partial charge in [-0.1, -0.05) is 12.1 Å². The van der Waals surface area contributed by atoms with Crippen molar-refractivity contribution in [3.05, 3.63) is 59.4 Å². The molecule has 0 saturated carbocycles. The molecule has 1 saturated heterocycles. The van der Waals surface area contributed by atoms with Gasteiger partial charge in [-0.05, 0) is 50.5 Å². The predicted molar refractivity (Wildman–Crippen MR) is 118 cm³/mol. The van der Waals surface area contributed by atoms with Crippen molar-refractivity contribution in [2.45, 2.75) is 33.2 Å². The average molecular weight is 421 g/mol. The highest BCUT2D eigenvalue weighted by molar-refractivity contribution is 6.23. The van der Waals surface area contributed by atoms with E-state index in [1.807, 2.05) is 36.9 Å². The zero-order valence-electron chi connectivity index (χ0n) is 18.1. The summed E-state index contributed by atoms with van der Waals surface area (Å²) in [4.78, 5) is 48.5. The zero-order valence-corrected chi connectivity index (χ0v) is 18.1. The van der Waals surface area contributed by atoms with Gasteiger partial charge in [-0.25, -0.2) is 0 Å². The van der Waals surface area contributed by atoms with E-state index >= 15 is 0 Å². The maximum absolute atomic E-state index is 13.3. The fourth-order valence-electron chi connectivity index (χ4n) is 4.59. The lowest BCUT2D eigenvalue weighted by atomic mass is 9.94. The van der Waals surface area contributed by atoms with Crippen LogP contribution >= 0.6 is 0 Å². The molecule has 2 aliphatic rings. The highest BCUT2D eigenvalue weighted by Gasteiger charge is 2.39. The van der Waals surface area contributed by atoms with Crippen LogP contribution in [0.25, 0.3) is 0 Å². The van der Waals surface area contributed by atoms with Gasteiger partial charge in [-0.3, -0.25) is 24.3 Å². The van der Waals surface area contributed by atoms with Crippen molar-refractivity contribution >= 4 is 23.4 Å². The molecule has 1 aromatic carbocycles. The lowest BCUT2D eigenvalue weighted by Gasteiger charge is -2.36. The Morgan fingerprint density at radius 2 is 1.94 bits per heavy atom. The number of anilines is 1. The summed E-state index contributed by atoms with van der Waals surface area (Å²) in [6, 6.07) is 9.07. The van der Waals surface area contributed by atoms with Crippen molar-refractivity contribution in [3.63, 3.8) is 0 Å². The van der Waals surface area contributed by atoms with Crippen molar-refractivity contribution < 1.29 is 14.4 Å². The summed E-state index contributed by atoms with van der Waals surface area (Å²) < 4.78 is 0. The highest BCUT2D eigenvalue weighted by atomic mass is 16.2. The number of carbonyl (C=O) groups excluding carboxylic acids is 3. The molecule has 0 N–H and O–H groups in total. The Morgan fingerprint density at radius 3 is 2.65 bits per heavy atom. The van der Waals surface area contributed by atoms with Crippen LogP contribution in [0, 0.1) is 5.92 Å². The van der Waals surface area contributed by atoms with Gasteiger partial charge in [0.2, 0.25) is 5.91 Å². The van der Waals surface area contributed by atoms with Gasteiger partial charge < -0.3 is 9.80 Å². The SMILES string of the molecule is CCN(CC)C(=O)[C@@H]1CCCN(c2cccc3c2C(=O)N(Cc2cccnc2)C3=O)C1. The Morgan fingerprint density at radius 1 is 1.13 bits per heavy atom. The van der Waals surface area contributed by atoms with Crippen molar-refractivity contribution in [1.82, 2.24) is 14.8 Å². The Balaban J connectivity index is 1.59. The van der Waals surface area contributed by atoms with Crippen LogP contribution in [-0.2, 0) is 11.3 Å². The quantitative estimate of drug-likeness (QED) is 0.672. The van der Waals surface area contributed by atoms with Crippen LogP contribution in [0.4, 0.5) is 5.69 Å². The van der Waals surface area contributed by atoms with Crippen molar-refractivity contribution in [2.24, 2.45) is 5.92 Å². The average Bonchev–Trinajstić information content (AvgIpc) is 3.05. The molecule has 3 heterocycles. The van der Waals surface area contributed by atoms with Gasteiger partial charge >= 0.3 is 0 Å². The minimum atomic E-state index is -0.281. The van der Waals surface area contributed by atoms with E-state index in [-0.39, 0.29) is 30.2 Å². The second-order valence-electron chi connectivity index (χ2n) is 8.05. The molecule has 1 atom stereocenters. The van der Waals surface area contributed by atoms with Crippen LogP contribution in [0.3, 0.4) is 0 Å². The van der Waals surface area contributed by atoms with Crippen LogP contribution in [0.15, 0.2) is 42.7 Å². The molecule has 0 aliphatic carbocycles. The molecule has 7 heteroatoms. The van der Waals surface area contributed by atoms with Gasteiger partial charge in [0.15, 0.2) is 0 Å². The lowest BCUT2D eigenvalue weighted by Crippen LogP contribution is -2.45. The second kappa shape index (κ2) is 8.88. The maximum Gasteiger partial charge on any atom is 0.263 e. The minimum absolute atomic E-state index is 0.0943. The number of rotatable bonds is 6. The molecular weight excluding hydrogens is 392 g/mol. The van der Waals surface area contributed by atoms with E-state index in [4.69, 9.17) is 0 Å². The van der Waals surface area contributed by atoms with Gasteiger partial charge in [0.25, 0.3) is 11.8 Å². The summed E-state index contributed by atoms with van der Waals surface area (Å²) in [5.74, 6) is -0.485. The fraction of sp³-hybridized carbons (Fsp3) is 0.417. The van der Waals surface area contributed by atoms with E-state index in [0.29, 0.717) is 30.8 Å². The van der Waals surface area contributed by atoms with Crippen LogP contribution in [0.1, 0.15) is 53.0 Å². The molecule has 0 bridgehead atoms. The summed E-state index contributed by atoms with van der Waals surface area (Å²) in [7, 11) is 0. The normalized spacial score (nSPS) is 18.3. The van der Waals surface area contributed by atoms with Crippen molar-refractivity contribution in [1.29, 1.82) is 0 Å². The molecule has 3 amide bonds. The second-order valence-corrected chi connectivity index (χ2v) is 8.05. The molecule has 31 heavy (non-hydrogen) atoms. The van der Waals surface area contributed by atoms with E-state index in [9.17, 15) is 14.4 Å². The van der Waals surface area contributed by atoms with E-state index in [2.05, 4.69) is 9.88 Å². The largest absolute Gasteiger partial charge is 0.370 e. The zero-order chi connectivity index (χ0) is 22.0. The Labute approximate surface area is 182 Å². The number of hydrogen-bond donors (Lipinski definition) is 0. The number of imide groups is 1. The first kappa shape index (κ1) is 21.0. The van der Waals surface area contributed by atoms with E-state index in [0.717, 1.165) is 30.6 Å². The number of amides is 3. The highest BCUT2D eigenvalue weighted by Crippen LogP contribution is 2.35. The third kappa shape index (κ3) is 3.92. The molecule has 162 valence electrons. The Bertz CT molecular complexity index is 988. The summed E-state index contributed by atoms with van der Waals surface area (Å²) in [5, 5.41) is 0. The first-order chi connectivity index (χ1) is 15.0. The molecule has 0 radical (unpaired) electrons. The van der Waals surface area contributed by atoms with Crippen LogP contribution in [0.5, 0.6) is 0 Å². The molecule has 2 aromatic rings. The first-order valence-electron chi connectivity index (χ1n) is 11.0. The molecule has 0 spiro atoms. The molecular formula is C24H28N4O3. The van der Waals surface area contributed by atoms with Gasteiger partial charge in [-0.2, -0.15) is 0 Å². The summed E-state index contributed by atoms with van der Waals surface area (Å²) in [6.45, 7) is 6.91. The summed E-state index contributed by atoms with van der Waals surface area (Å²) in [6.07, 6.45) is 5.05. The molecule has 4 rings (SSSR count). The number of aromatic nitrogens is 1. The minimum Gasteiger partial charge on any atom is -0.370 e.